The molecule has 0 radical (unpaired) electrons. The molecule has 3 amide bonds. The molecule has 2 heterocycles. The molecule has 0 aliphatic carbocycles. The summed E-state index contributed by atoms with van der Waals surface area (Å²) in [4.78, 5) is 26.3. The van der Waals surface area contributed by atoms with Crippen LogP contribution < -0.4 is 10.6 Å². The third-order valence-electron chi connectivity index (χ3n) is 3.21. The van der Waals surface area contributed by atoms with Gasteiger partial charge in [-0.15, -0.1) is 0 Å². The van der Waals surface area contributed by atoms with Crippen molar-refractivity contribution in [3.8, 4) is 0 Å². The topological polar surface area (TPSA) is 64.7 Å². The minimum Gasteiger partial charge on any atom is -0.329 e. The van der Waals surface area contributed by atoms with E-state index in [1.165, 1.54) is 4.90 Å². The second-order valence-corrected chi connectivity index (χ2v) is 4.93. The summed E-state index contributed by atoms with van der Waals surface area (Å²) in [6.07, 6.45) is 0. The van der Waals surface area contributed by atoms with E-state index in [0.29, 0.717) is 18.6 Å². The highest BCUT2D eigenvalue weighted by molar-refractivity contribution is 6.01. The van der Waals surface area contributed by atoms with Crippen molar-refractivity contribution in [3.63, 3.8) is 0 Å². The lowest BCUT2D eigenvalue weighted by atomic mass is 10.1. The molecule has 2 fully saturated rings. The molecule has 2 atom stereocenters. The third-order valence-corrected chi connectivity index (χ3v) is 3.21. The summed E-state index contributed by atoms with van der Waals surface area (Å²) in [5, 5.41) is 5.98. The number of piperazine rings is 1. The average molecular weight is 240 g/mol. The molecule has 0 spiro atoms. The molecule has 2 rings (SSSR count). The second kappa shape index (κ2) is 5.01. The fourth-order valence-corrected chi connectivity index (χ4v) is 2.55. The van der Waals surface area contributed by atoms with Crippen LogP contribution in [0.3, 0.4) is 0 Å². The van der Waals surface area contributed by atoms with Gasteiger partial charge in [0, 0.05) is 38.3 Å². The Morgan fingerprint density at radius 3 is 2.35 bits per heavy atom. The van der Waals surface area contributed by atoms with Gasteiger partial charge in [0.2, 0.25) is 5.91 Å². The Labute approximate surface area is 101 Å². The van der Waals surface area contributed by atoms with Crippen molar-refractivity contribution >= 4 is 11.9 Å². The smallest absolute Gasteiger partial charge is 0.324 e. The van der Waals surface area contributed by atoms with Crippen LogP contribution in [0.5, 0.6) is 0 Å². The van der Waals surface area contributed by atoms with Crippen molar-refractivity contribution in [2.75, 3.05) is 32.7 Å². The van der Waals surface area contributed by atoms with E-state index in [9.17, 15) is 9.59 Å². The first-order valence-electron chi connectivity index (χ1n) is 6.13. The zero-order chi connectivity index (χ0) is 12.4. The molecule has 2 aliphatic heterocycles. The zero-order valence-electron chi connectivity index (χ0n) is 10.4. The molecule has 0 aromatic heterocycles. The lowest BCUT2D eigenvalue weighted by Gasteiger charge is -2.36. The number of carbonyl (C=O) groups excluding carboxylic acids is 2. The molecule has 2 N–H and O–H groups in total. The van der Waals surface area contributed by atoms with Crippen LogP contribution in [0.1, 0.15) is 13.8 Å². The van der Waals surface area contributed by atoms with E-state index in [4.69, 9.17) is 0 Å². The highest BCUT2D eigenvalue weighted by Crippen LogP contribution is 2.05. The Morgan fingerprint density at radius 1 is 1.18 bits per heavy atom. The van der Waals surface area contributed by atoms with E-state index >= 15 is 0 Å². The van der Waals surface area contributed by atoms with Crippen LogP contribution in [0.2, 0.25) is 0 Å². The summed E-state index contributed by atoms with van der Waals surface area (Å²) < 4.78 is 0. The standard InChI is InChI=1S/C11H20N4O2/c1-8-6-14(7-9(2)13-8)3-4-15-10(16)5-12-11(15)17/h8-9,13H,3-7H2,1-2H3,(H,12,17). The number of carbonyl (C=O) groups is 2. The van der Waals surface area contributed by atoms with Crippen LogP contribution in [-0.4, -0.2) is 66.5 Å². The Morgan fingerprint density at radius 2 is 1.82 bits per heavy atom. The number of imide groups is 1. The largest absolute Gasteiger partial charge is 0.329 e. The maximum absolute atomic E-state index is 11.4. The average Bonchev–Trinajstić information content (AvgIpc) is 2.55. The van der Waals surface area contributed by atoms with Gasteiger partial charge in [-0.25, -0.2) is 4.79 Å². The maximum Gasteiger partial charge on any atom is 0.324 e. The summed E-state index contributed by atoms with van der Waals surface area (Å²) in [5.74, 6) is -0.119. The van der Waals surface area contributed by atoms with Crippen molar-refractivity contribution < 1.29 is 9.59 Å². The van der Waals surface area contributed by atoms with Crippen LogP contribution >= 0.6 is 0 Å². The number of urea groups is 1. The molecule has 2 saturated heterocycles. The van der Waals surface area contributed by atoms with Gasteiger partial charge in [0.1, 0.15) is 0 Å². The molecule has 2 unspecified atom stereocenters. The molecule has 6 nitrogen and oxygen atoms in total. The fourth-order valence-electron chi connectivity index (χ4n) is 2.55. The van der Waals surface area contributed by atoms with E-state index in [1.54, 1.807) is 0 Å². The normalized spacial score (nSPS) is 30.8. The van der Waals surface area contributed by atoms with Crippen LogP contribution in [0.15, 0.2) is 0 Å². The first-order valence-corrected chi connectivity index (χ1v) is 6.13. The van der Waals surface area contributed by atoms with Crippen molar-refractivity contribution in [1.82, 2.24) is 20.4 Å². The van der Waals surface area contributed by atoms with Gasteiger partial charge in [-0.3, -0.25) is 14.6 Å². The number of rotatable bonds is 3. The quantitative estimate of drug-likeness (QED) is 0.635. The van der Waals surface area contributed by atoms with Gasteiger partial charge in [0.15, 0.2) is 0 Å². The lowest BCUT2D eigenvalue weighted by molar-refractivity contribution is -0.125. The van der Waals surface area contributed by atoms with Crippen molar-refractivity contribution in [3.05, 3.63) is 0 Å². The maximum atomic E-state index is 11.4. The summed E-state index contributed by atoms with van der Waals surface area (Å²) in [6.45, 7) is 7.63. The van der Waals surface area contributed by atoms with Gasteiger partial charge in [0.05, 0.1) is 6.54 Å². The van der Waals surface area contributed by atoms with E-state index in [2.05, 4.69) is 29.4 Å². The van der Waals surface area contributed by atoms with Gasteiger partial charge >= 0.3 is 6.03 Å². The molecule has 96 valence electrons. The second-order valence-electron chi connectivity index (χ2n) is 4.93. The van der Waals surface area contributed by atoms with E-state index in [-0.39, 0.29) is 18.5 Å². The third kappa shape index (κ3) is 2.95. The van der Waals surface area contributed by atoms with E-state index in [1.807, 2.05) is 0 Å². The summed E-state index contributed by atoms with van der Waals surface area (Å²) in [7, 11) is 0. The Balaban J connectivity index is 1.81. The molecule has 0 saturated carbocycles. The van der Waals surface area contributed by atoms with Gasteiger partial charge in [0.25, 0.3) is 0 Å². The van der Waals surface area contributed by atoms with Crippen molar-refractivity contribution in [2.24, 2.45) is 0 Å². The monoisotopic (exact) mass is 240 g/mol. The predicted molar refractivity (Wildman–Crippen MR) is 63.6 cm³/mol. The van der Waals surface area contributed by atoms with Crippen LogP contribution in [-0.2, 0) is 4.79 Å². The first-order chi connectivity index (χ1) is 8.06. The van der Waals surface area contributed by atoms with Gasteiger partial charge in [-0.05, 0) is 13.8 Å². The molecule has 0 aromatic carbocycles. The molecule has 0 aromatic rings. The van der Waals surface area contributed by atoms with Gasteiger partial charge in [-0.1, -0.05) is 0 Å². The number of hydrogen-bond acceptors (Lipinski definition) is 4. The molecule has 2 aliphatic rings. The van der Waals surface area contributed by atoms with E-state index < -0.39 is 0 Å². The van der Waals surface area contributed by atoms with Crippen LogP contribution in [0, 0.1) is 0 Å². The van der Waals surface area contributed by atoms with E-state index in [0.717, 1.165) is 19.6 Å². The molecule has 0 bridgehead atoms. The SMILES string of the molecule is CC1CN(CCN2C(=O)CNC2=O)CC(C)N1. The van der Waals surface area contributed by atoms with Crippen molar-refractivity contribution in [2.45, 2.75) is 25.9 Å². The molecule has 17 heavy (non-hydrogen) atoms. The molecular weight excluding hydrogens is 220 g/mol. The minimum absolute atomic E-state index is 0.119. The Hall–Kier alpha value is -1.14. The van der Waals surface area contributed by atoms with Crippen LogP contribution in [0.25, 0.3) is 0 Å². The summed E-state index contributed by atoms with van der Waals surface area (Å²) >= 11 is 0. The number of amides is 3. The zero-order valence-corrected chi connectivity index (χ0v) is 10.4. The lowest BCUT2D eigenvalue weighted by Crippen LogP contribution is -2.55. The summed E-state index contributed by atoms with van der Waals surface area (Å²) in [5.41, 5.74) is 0. The minimum atomic E-state index is -0.258. The van der Waals surface area contributed by atoms with Gasteiger partial charge in [-0.2, -0.15) is 0 Å². The van der Waals surface area contributed by atoms with Gasteiger partial charge < -0.3 is 10.6 Å². The van der Waals surface area contributed by atoms with Crippen molar-refractivity contribution in [1.29, 1.82) is 0 Å². The number of hydrogen-bond donors (Lipinski definition) is 2. The Bertz CT molecular complexity index is 295. The van der Waals surface area contributed by atoms with Crippen LogP contribution in [0.4, 0.5) is 4.79 Å². The molecular formula is C11H20N4O2. The fraction of sp³-hybridized carbons (Fsp3) is 0.818. The predicted octanol–water partition coefficient (Wildman–Crippen LogP) is -0.780. The first kappa shape index (κ1) is 12.3. The number of nitrogens with zero attached hydrogens (tertiary/aromatic N) is 2. The Kier molecular flexibility index (Phi) is 3.63. The highest BCUT2D eigenvalue weighted by Gasteiger charge is 2.29. The number of nitrogens with one attached hydrogen (secondary N) is 2. The highest BCUT2D eigenvalue weighted by atomic mass is 16.2. The summed E-state index contributed by atoms with van der Waals surface area (Å²) in [6, 6.07) is 0.662. The molecule has 6 heteroatoms.